The zero-order chi connectivity index (χ0) is 22.4. The predicted molar refractivity (Wildman–Crippen MR) is 117 cm³/mol. The predicted octanol–water partition coefficient (Wildman–Crippen LogP) is 4.39. The summed E-state index contributed by atoms with van der Waals surface area (Å²) in [4.78, 5) is 22.4. The van der Waals surface area contributed by atoms with Gasteiger partial charge in [-0.2, -0.15) is 0 Å². The molecule has 8 nitrogen and oxygen atoms in total. The Morgan fingerprint density at radius 3 is 2.16 bits per heavy atom. The number of aliphatic carboxylic acids is 1. The molecule has 0 aromatic heterocycles. The quantitative estimate of drug-likeness (QED) is 0.389. The topological polar surface area (TPSA) is 111 Å². The molecule has 0 aliphatic carbocycles. The van der Waals surface area contributed by atoms with Gasteiger partial charge in [-0.15, -0.1) is 0 Å². The lowest BCUT2D eigenvalue weighted by Crippen LogP contribution is -2.31. The maximum Gasteiger partial charge on any atom is 0.326 e. The highest BCUT2D eigenvalue weighted by atomic mass is 16.6. The highest BCUT2D eigenvalue weighted by Crippen LogP contribution is 2.38. The van der Waals surface area contributed by atoms with E-state index in [0.29, 0.717) is 11.5 Å². The van der Waals surface area contributed by atoms with Gasteiger partial charge in [0.2, 0.25) is 0 Å². The van der Waals surface area contributed by atoms with Crippen molar-refractivity contribution in [3.8, 4) is 22.6 Å². The van der Waals surface area contributed by atoms with Gasteiger partial charge in [-0.1, -0.05) is 42.5 Å². The summed E-state index contributed by atoms with van der Waals surface area (Å²) in [7, 11) is 3.16. The van der Waals surface area contributed by atoms with E-state index in [4.69, 9.17) is 9.47 Å². The molecular formula is C23H22N2O6. The number of nitro groups is 1. The van der Waals surface area contributed by atoms with Crippen LogP contribution in [0.1, 0.15) is 5.56 Å². The smallest absolute Gasteiger partial charge is 0.326 e. The number of rotatable bonds is 9. The standard InChI is InChI=1S/C23H22N2O6/c1-30-20-8-5-9-21(31-2)22(20)16-12-10-15(11-13-16)14-18(23(26)27)24-17-6-3-4-7-19(17)25(28)29/h3-13,18,24H,14H2,1-2H3,(H,26,27). The van der Waals surface area contributed by atoms with E-state index in [0.717, 1.165) is 16.7 Å². The number of nitrogens with one attached hydrogen (secondary N) is 1. The summed E-state index contributed by atoms with van der Waals surface area (Å²) in [6, 6.07) is 17.8. The maximum absolute atomic E-state index is 11.8. The first-order valence-corrected chi connectivity index (χ1v) is 9.47. The van der Waals surface area contributed by atoms with Gasteiger partial charge in [0.15, 0.2) is 0 Å². The van der Waals surface area contributed by atoms with Crippen LogP contribution in [0.25, 0.3) is 11.1 Å². The van der Waals surface area contributed by atoms with E-state index in [9.17, 15) is 20.0 Å². The molecule has 0 spiro atoms. The summed E-state index contributed by atoms with van der Waals surface area (Å²) in [6.45, 7) is 0. The van der Waals surface area contributed by atoms with Gasteiger partial charge in [-0.25, -0.2) is 4.79 Å². The number of carboxylic acids is 1. The van der Waals surface area contributed by atoms with E-state index < -0.39 is 16.9 Å². The van der Waals surface area contributed by atoms with Crippen molar-refractivity contribution < 1.29 is 24.3 Å². The van der Waals surface area contributed by atoms with Crippen LogP contribution in [0.5, 0.6) is 11.5 Å². The molecule has 0 fully saturated rings. The molecule has 3 rings (SSSR count). The third kappa shape index (κ3) is 4.92. The molecule has 3 aromatic rings. The summed E-state index contributed by atoms with van der Waals surface area (Å²) in [5.74, 6) is 0.218. The van der Waals surface area contributed by atoms with Crippen molar-refractivity contribution >= 4 is 17.3 Å². The fourth-order valence-corrected chi connectivity index (χ4v) is 3.32. The van der Waals surface area contributed by atoms with Gasteiger partial charge < -0.3 is 19.9 Å². The molecular weight excluding hydrogens is 400 g/mol. The first kappa shape index (κ1) is 21.6. The number of ether oxygens (including phenoxy) is 2. The second-order valence-electron chi connectivity index (χ2n) is 6.75. The van der Waals surface area contributed by atoms with Crippen LogP contribution in [0.3, 0.4) is 0 Å². The van der Waals surface area contributed by atoms with E-state index in [2.05, 4.69) is 5.32 Å². The Bertz CT molecular complexity index is 1060. The number of carbonyl (C=O) groups is 1. The second-order valence-corrected chi connectivity index (χ2v) is 6.75. The molecule has 0 aliphatic heterocycles. The molecule has 1 atom stereocenters. The summed E-state index contributed by atoms with van der Waals surface area (Å²) in [5, 5.41) is 23.6. The van der Waals surface area contributed by atoms with Crippen LogP contribution in [0, 0.1) is 10.1 Å². The van der Waals surface area contributed by atoms with Crippen LogP contribution in [0.4, 0.5) is 11.4 Å². The molecule has 0 radical (unpaired) electrons. The SMILES string of the molecule is COc1cccc(OC)c1-c1ccc(CC(Nc2ccccc2[N+](=O)[O-])C(=O)O)cc1. The van der Waals surface area contributed by atoms with Crippen molar-refractivity contribution in [3.63, 3.8) is 0 Å². The monoisotopic (exact) mass is 422 g/mol. The average molecular weight is 422 g/mol. The van der Waals surface area contributed by atoms with Crippen molar-refractivity contribution in [1.82, 2.24) is 0 Å². The summed E-state index contributed by atoms with van der Waals surface area (Å²) >= 11 is 0. The number of nitro benzene ring substituents is 1. The molecule has 2 N–H and O–H groups in total. The Morgan fingerprint density at radius 2 is 1.61 bits per heavy atom. The van der Waals surface area contributed by atoms with Crippen LogP contribution in [0.15, 0.2) is 66.7 Å². The van der Waals surface area contributed by atoms with E-state index in [1.165, 1.54) is 18.2 Å². The molecule has 31 heavy (non-hydrogen) atoms. The van der Waals surface area contributed by atoms with Crippen molar-refractivity contribution in [1.29, 1.82) is 0 Å². The third-order valence-corrected chi connectivity index (χ3v) is 4.84. The summed E-state index contributed by atoms with van der Waals surface area (Å²) in [6.07, 6.45) is 0.144. The average Bonchev–Trinajstić information content (AvgIpc) is 2.78. The molecule has 0 aliphatic rings. The number of benzene rings is 3. The minimum absolute atomic E-state index is 0.144. The number of para-hydroxylation sites is 2. The third-order valence-electron chi connectivity index (χ3n) is 4.84. The van der Waals surface area contributed by atoms with Crippen molar-refractivity contribution in [3.05, 3.63) is 82.4 Å². The van der Waals surface area contributed by atoms with Gasteiger partial charge in [0, 0.05) is 12.5 Å². The largest absolute Gasteiger partial charge is 0.496 e. The number of hydrogen-bond acceptors (Lipinski definition) is 6. The van der Waals surface area contributed by atoms with E-state index in [1.54, 1.807) is 20.3 Å². The van der Waals surface area contributed by atoms with Crippen LogP contribution in [-0.2, 0) is 11.2 Å². The number of nitrogens with zero attached hydrogens (tertiary/aromatic N) is 1. The van der Waals surface area contributed by atoms with E-state index >= 15 is 0 Å². The molecule has 1 unspecified atom stereocenters. The van der Waals surface area contributed by atoms with Gasteiger partial charge in [-0.3, -0.25) is 10.1 Å². The Labute approximate surface area is 179 Å². The van der Waals surface area contributed by atoms with Crippen molar-refractivity contribution in [2.24, 2.45) is 0 Å². The van der Waals surface area contributed by atoms with Gasteiger partial charge in [0.1, 0.15) is 23.2 Å². The first-order chi connectivity index (χ1) is 14.9. The Kier molecular flexibility index (Phi) is 6.71. The summed E-state index contributed by atoms with van der Waals surface area (Å²) < 4.78 is 10.9. The van der Waals surface area contributed by atoms with E-state index in [-0.39, 0.29) is 17.8 Å². The Balaban J connectivity index is 1.84. The second kappa shape index (κ2) is 9.62. The molecule has 0 bridgehead atoms. The van der Waals surface area contributed by atoms with Gasteiger partial charge in [0.25, 0.3) is 5.69 Å². The molecule has 0 amide bonds. The molecule has 0 saturated carbocycles. The molecule has 0 heterocycles. The minimum atomic E-state index is -1.10. The van der Waals surface area contributed by atoms with Crippen LogP contribution >= 0.6 is 0 Å². The fraction of sp³-hybridized carbons (Fsp3) is 0.174. The maximum atomic E-state index is 11.8. The minimum Gasteiger partial charge on any atom is -0.496 e. The fourth-order valence-electron chi connectivity index (χ4n) is 3.32. The van der Waals surface area contributed by atoms with Gasteiger partial charge in [-0.05, 0) is 29.3 Å². The highest BCUT2D eigenvalue weighted by Gasteiger charge is 2.22. The first-order valence-electron chi connectivity index (χ1n) is 9.47. The number of hydrogen-bond donors (Lipinski definition) is 2. The number of methoxy groups -OCH3 is 2. The Morgan fingerprint density at radius 1 is 1.00 bits per heavy atom. The lowest BCUT2D eigenvalue weighted by Gasteiger charge is -2.17. The molecule has 3 aromatic carbocycles. The molecule has 8 heteroatoms. The van der Waals surface area contributed by atoms with Crippen LogP contribution in [-0.4, -0.2) is 36.3 Å². The lowest BCUT2D eigenvalue weighted by molar-refractivity contribution is -0.384. The van der Waals surface area contributed by atoms with Crippen LogP contribution < -0.4 is 14.8 Å². The zero-order valence-corrected chi connectivity index (χ0v) is 17.1. The molecule has 0 saturated heterocycles. The number of anilines is 1. The number of carboxylic acid groups (broad SMARTS) is 1. The zero-order valence-electron chi connectivity index (χ0n) is 17.1. The summed E-state index contributed by atoms with van der Waals surface area (Å²) in [5.41, 5.74) is 2.40. The van der Waals surface area contributed by atoms with Crippen LogP contribution in [0.2, 0.25) is 0 Å². The lowest BCUT2D eigenvalue weighted by atomic mass is 9.99. The van der Waals surface area contributed by atoms with Crippen molar-refractivity contribution in [2.45, 2.75) is 12.5 Å². The van der Waals surface area contributed by atoms with Crippen molar-refractivity contribution in [2.75, 3.05) is 19.5 Å². The van der Waals surface area contributed by atoms with Gasteiger partial charge in [0.05, 0.1) is 24.7 Å². The highest BCUT2D eigenvalue weighted by molar-refractivity contribution is 5.80. The van der Waals surface area contributed by atoms with Gasteiger partial charge >= 0.3 is 5.97 Å². The van der Waals surface area contributed by atoms with E-state index in [1.807, 2.05) is 42.5 Å². The Hall–Kier alpha value is -4.07. The molecule has 160 valence electrons. The normalized spacial score (nSPS) is 11.4.